The highest BCUT2D eigenvalue weighted by atomic mass is 19.1. The lowest BCUT2D eigenvalue weighted by molar-refractivity contribution is 0.122. The van der Waals surface area contributed by atoms with Gasteiger partial charge in [0.25, 0.3) is 0 Å². The molecule has 0 fully saturated rings. The van der Waals surface area contributed by atoms with Crippen LogP contribution in [0.1, 0.15) is 6.92 Å². The number of nitrogens with zero attached hydrogens (tertiary/aromatic N) is 2. The van der Waals surface area contributed by atoms with Gasteiger partial charge in [0.05, 0.1) is 24.2 Å². The maximum absolute atomic E-state index is 12.7. The number of benzene rings is 1. The van der Waals surface area contributed by atoms with Gasteiger partial charge in [-0.05, 0) is 31.2 Å². The lowest BCUT2D eigenvalue weighted by Gasteiger charge is -2.04. The summed E-state index contributed by atoms with van der Waals surface area (Å²) in [6, 6.07) is 5.99. The van der Waals surface area contributed by atoms with Crippen LogP contribution in [-0.4, -0.2) is 27.6 Å². The minimum atomic E-state index is -0.524. The van der Waals surface area contributed by atoms with Crippen LogP contribution in [0.25, 0.3) is 5.69 Å². The topological polar surface area (TPSA) is 47.3 Å². The van der Waals surface area contributed by atoms with E-state index in [2.05, 4.69) is 5.10 Å². The second-order valence-corrected chi connectivity index (χ2v) is 3.76. The first-order chi connectivity index (χ1) is 8.15. The van der Waals surface area contributed by atoms with E-state index < -0.39 is 6.10 Å². The zero-order valence-electron chi connectivity index (χ0n) is 9.38. The summed E-state index contributed by atoms with van der Waals surface area (Å²) in [5, 5.41) is 13.2. The molecular formula is C12H13FN2O2. The summed E-state index contributed by atoms with van der Waals surface area (Å²) < 4.78 is 19.6. The summed E-state index contributed by atoms with van der Waals surface area (Å²) in [5.41, 5.74) is 0.748. The maximum atomic E-state index is 12.7. The average molecular weight is 236 g/mol. The average Bonchev–Trinajstić information content (AvgIpc) is 2.76. The van der Waals surface area contributed by atoms with Crippen molar-refractivity contribution in [2.45, 2.75) is 13.0 Å². The van der Waals surface area contributed by atoms with E-state index in [0.29, 0.717) is 5.75 Å². The molecule has 0 saturated carbocycles. The molecule has 1 aromatic carbocycles. The molecule has 1 aromatic heterocycles. The lowest BCUT2D eigenvalue weighted by Crippen LogP contribution is -2.12. The molecular weight excluding hydrogens is 223 g/mol. The van der Waals surface area contributed by atoms with Gasteiger partial charge in [0.2, 0.25) is 0 Å². The number of rotatable bonds is 4. The summed E-state index contributed by atoms with van der Waals surface area (Å²) in [4.78, 5) is 0. The molecule has 4 nitrogen and oxygen atoms in total. The Morgan fingerprint density at radius 2 is 2.12 bits per heavy atom. The number of hydrogen-bond acceptors (Lipinski definition) is 3. The second-order valence-electron chi connectivity index (χ2n) is 3.76. The van der Waals surface area contributed by atoms with Gasteiger partial charge in [-0.3, -0.25) is 0 Å². The number of hydrogen-bond donors (Lipinski definition) is 1. The summed E-state index contributed by atoms with van der Waals surface area (Å²) in [5.74, 6) is 0.279. The van der Waals surface area contributed by atoms with Crippen LogP contribution in [0.4, 0.5) is 4.39 Å². The van der Waals surface area contributed by atoms with Crippen LogP contribution in [0.15, 0.2) is 36.7 Å². The van der Waals surface area contributed by atoms with Crippen LogP contribution in [-0.2, 0) is 0 Å². The molecule has 2 aromatic rings. The van der Waals surface area contributed by atoms with Gasteiger partial charge in [-0.15, -0.1) is 0 Å². The van der Waals surface area contributed by atoms with Crippen molar-refractivity contribution in [3.8, 4) is 11.4 Å². The van der Waals surface area contributed by atoms with Crippen molar-refractivity contribution >= 4 is 0 Å². The van der Waals surface area contributed by atoms with Crippen LogP contribution in [0.2, 0.25) is 0 Å². The fourth-order valence-corrected chi connectivity index (χ4v) is 1.33. The van der Waals surface area contributed by atoms with Gasteiger partial charge in [-0.2, -0.15) is 5.10 Å². The van der Waals surface area contributed by atoms with Crippen molar-refractivity contribution in [2.24, 2.45) is 0 Å². The Morgan fingerprint density at radius 1 is 1.41 bits per heavy atom. The zero-order chi connectivity index (χ0) is 12.3. The molecule has 0 radical (unpaired) electrons. The van der Waals surface area contributed by atoms with Crippen LogP contribution in [0, 0.1) is 5.82 Å². The highest BCUT2D eigenvalue weighted by molar-refractivity contribution is 5.32. The molecule has 0 bridgehead atoms. The van der Waals surface area contributed by atoms with E-state index >= 15 is 0 Å². The molecule has 90 valence electrons. The fourth-order valence-electron chi connectivity index (χ4n) is 1.33. The lowest BCUT2D eigenvalue weighted by atomic mass is 10.3. The number of aliphatic hydroxyl groups excluding tert-OH is 1. The third-order valence-corrected chi connectivity index (χ3v) is 2.14. The van der Waals surface area contributed by atoms with Gasteiger partial charge in [0, 0.05) is 0 Å². The summed E-state index contributed by atoms with van der Waals surface area (Å²) in [6.45, 7) is 1.86. The van der Waals surface area contributed by atoms with E-state index in [0.717, 1.165) is 5.69 Å². The van der Waals surface area contributed by atoms with Gasteiger partial charge in [-0.25, -0.2) is 9.07 Å². The van der Waals surface area contributed by atoms with Crippen LogP contribution >= 0.6 is 0 Å². The Balaban J connectivity index is 2.10. The molecule has 2 rings (SSSR count). The third-order valence-electron chi connectivity index (χ3n) is 2.14. The molecule has 1 N–H and O–H groups in total. The van der Waals surface area contributed by atoms with E-state index in [1.165, 1.54) is 12.1 Å². The zero-order valence-corrected chi connectivity index (χ0v) is 9.38. The Bertz CT molecular complexity index is 480. The first-order valence-electron chi connectivity index (χ1n) is 5.26. The Labute approximate surface area is 98.3 Å². The molecule has 1 atom stereocenters. The van der Waals surface area contributed by atoms with Gasteiger partial charge in [0.1, 0.15) is 12.4 Å². The largest absolute Gasteiger partial charge is 0.488 e. The molecule has 17 heavy (non-hydrogen) atoms. The quantitative estimate of drug-likeness (QED) is 0.880. The van der Waals surface area contributed by atoms with Crippen LogP contribution in [0.5, 0.6) is 5.75 Å². The van der Waals surface area contributed by atoms with E-state index in [9.17, 15) is 4.39 Å². The predicted octanol–water partition coefficient (Wildman–Crippen LogP) is 1.77. The number of aromatic nitrogens is 2. The molecule has 1 heterocycles. The Kier molecular flexibility index (Phi) is 3.39. The van der Waals surface area contributed by atoms with Crippen molar-refractivity contribution in [1.82, 2.24) is 9.78 Å². The van der Waals surface area contributed by atoms with E-state index in [1.807, 2.05) is 0 Å². The predicted molar refractivity (Wildman–Crippen MR) is 60.7 cm³/mol. The second kappa shape index (κ2) is 4.97. The highest BCUT2D eigenvalue weighted by Gasteiger charge is 2.03. The minimum Gasteiger partial charge on any atom is -0.488 e. The fraction of sp³-hybridized carbons (Fsp3) is 0.250. The van der Waals surface area contributed by atoms with Crippen LogP contribution in [0.3, 0.4) is 0 Å². The smallest absolute Gasteiger partial charge is 0.157 e. The van der Waals surface area contributed by atoms with Gasteiger partial charge < -0.3 is 9.84 Å². The normalized spacial score (nSPS) is 12.4. The van der Waals surface area contributed by atoms with Crippen molar-refractivity contribution in [2.75, 3.05) is 6.61 Å². The van der Waals surface area contributed by atoms with E-state index in [-0.39, 0.29) is 12.4 Å². The standard InChI is InChI=1S/C12H13FN2O2/c1-9(16)8-17-12-6-14-15(7-12)11-4-2-10(13)3-5-11/h2-7,9,16H,8H2,1H3. The van der Waals surface area contributed by atoms with E-state index in [4.69, 9.17) is 9.84 Å². The third kappa shape index (κ3) is 3.04. The van der Waals surface area contributed by atoms with Crippen LogP contribution < -0.4 is 4.74 Å². The number of ether oxygens (including phenoxy) is 1. The molecule has 0 amide bonds. The SMILES string of the molecule is CC(O)COc1cnn(-c2ccc(F)cc2)c1. The van der Waals surface area contributed by atoms with Crippen molar-refractivity contribution < 1.29 is 14.2 Å². The molecule has 0 saturated heterocycles. The summed E-state index contributed by atoms with van der Waals surface area (Å²) in [6.07, 6.45) is 2.70. The Hall–Kier alpha value is -1.88. The highest BCUT2D eigenvalue weighted by Crippen LogP contribution is 2.14. The van der Waals surface area contributed by atoms with Gasteiger partial charge in [-0.1, -0.05) is 0 Å². The molecule has 1 unspecified atom stereocenters. The van der Waals surface area contributed by atoms with Gasteiger partial charge >= 0.3 is 0 Å². The maximum Gasteiger partial charge on any atom is 0.157 e. The molecule has 0 spiro atoms. The first kappa shape index (κ1) is 11.6. The summed E-state index contributed by atoms with van der Waals surface area (Å²) in [7, 11) is 0. The van der Waals surface area contributed by atoms with Crippen molar-refractivity contribution in [1.29, 1.82) is 0 Å². The monoisotopic (exact) mass is 236 g/mol. The number of halogens is 1. The molecule has 0 aliphatic heterocycles. The molecule has 0 aliphatic rings. The van der Waals surface area contributed by atoms with E-state index in [1.54, 1.807) is 36.1 Å². The van der Waals surface area contributed by atoms with Crippen molar-refractivity contribution in [3.63, 3.8) is 0 Å². The molecule has 0 aliphatic carbocycles. The number of aliphatic hydroxyl groups is 1. The minimum absolute atomic E-state index is 0.217. The molecule has 5 heteroatoms. The first-order valence-corrected chi connectivity index (χ1v) is 5.26. The van der Waals surface area contributed by atoms with Crippen molar-refractivity contribution in [3.05, 3.63) is 42.5 Å². The Morgan fingerprint density at radius 3 is 2.76 bits per heavy atom. The van der Waals surface area contributed by atoms with Gasteiger partial charge in [0.15, 0.2) is 5.75 Å². The summed E-state index contributed by atoms with van der Waals surface area (Å²) >= 11 is 0.